The third kappa shape index (κ3) is 4.40. The molecule has 8 nitrogen and oxygen atoms in total. The summed E-state index contributed by atoms with van der Waals surface area (Å²) in [6.07, 6.45) is 0. The lowest BCUT2D eigenvalue weighted by molar-refractivity contribution is 0.158. The van der Waals surface area contributed by atoms with E-state index in [1.807, 2.05) is 18.2 Å². The Kier molecular flexibility index (Phi) is 5.72. The van der Waals surface area contributed by atoms with Gasteiger partial charge in [0, 0.05) is 44.8 Å². The van der Waals surface area contributed by atoms with Crippen LogP contribution in [0, 0.1) is 0 Å². The monoisotopic (exact) mass is 347 g/mol. The van der Waals surface area contributed by atoms with E-state index in [2.05, 4.69) is 32.3 Å². The van der Waals surface area contributed by atoms with Gasteiger partial charge in [0.1, 0.15) is 0 Å². The fraction of sp³-hybridized carbons (Fsp3) is 0.529. The zero-order valence-electron chi connectivity index (χ0n) is 15.0. The summed E-state index contributed by atoms with van der Waals surface area (Å²) >= 11 is 0. The van der Waals surface area contributed by atoms with E-state index in [4.69, 9.17) is 14.0 Å². The summed E-state index contributed by atoms with van der Waals surface area (Å²) in [5, 5.41) is 7.22. The van der Waals surface area contributed by atoms with Crippen LogP contribution in [-0.2, 0) is 0 Å². The maximum atomic E-state index is 5.31. The molecule has 8 heteroatoms. The largest absolute Gasteiger partial charge is 0.493 e. The number of nitrogens with zero attached hydrogens (tertiary/aromatic N) is 4. The molecule has 2 aromatic rings. The molecule has 1 aliphatic heterocycles. The van der Waals surface area contributed by atoms with Crippen LogP contribution in [0.25, 0.3) is 11.4 Å². The average Bonchev–Trinajstić information content (AvgIpc) is 3.11. The summed E-state index contributed by atoms with van der Waals surface area (Å²) in [7, 11) is 5.36. The average molecular weight is 347 g/mol. The molecule has 1 fully saturated rings. The minimum Gasteiger partial charge on any atom is -0.493 e. The molecule has 0 radical (unpaired) electrons. The number of aromatic nitrogens is 2. The van der Waals surface area contributed by atoms with Crippen molar-refractivity contribution in [1.82, 2.24) is 19.9 Å². The second-order valence-electron chi connectivity index (χ2n) is 6.06. The van der Waals surface area contributed by atoms with Crippen molar-refractivity contribution in [3.8, 4) is 22.9 Å². The quantitative estimate of drug-likeness (QED) is 0.806. The third-order valence-corrected chi connectivity index (χ3v) is 4.37. The Balaban J connectivity index is 1.55. The van der Waals surface area contributed by atoms with E-state index in [1.54, 1.807) is 14.2 Å². The number of hydrogen-bond donors (Lipinski definition) is 1. The Morgan fingerprint density at radius 2 is 1.88 bits per heavy atom. The molecular weight excluding hydrogens is 322 g/mol. The second-order valence-corrected chi connectivity index (χ2v) is 6.06. The molecule has 1 aliphatic rings. The smallest absolute Gasteiger partial charge is 0.321 e. The maximum absolute atomic E-state index is 5.31. The molecule has 1 N–H and O–H groups in total. The number of anilines is 1. The van der Waals surface area contributed by atoms with Crippen LogP contribution in [0.15, 0.2) is 22.7 Å². The molecule has 0 spiro atoms. The molecular formula is C17H25N5O3. The summed E-state index contributed by atoms with van der Waals surface area (Å²) in [5.74, 6) is 1.82. The summed E-state index contributed by atoms with van der Waals surface area (Å²) in [6.45, 7) is 6.16. The lowest BCUT2D eigenvalue weighted by Gasteiger charge is -2.32. The van der Waals surface area contributed by atoms with Crippen molar-refractivity contribution in [2.24, 2.45) is 0 Å². The van der Waals surface area contributed by atoms with E-state index in [9.17, 15) is 0 Å². The first-order chi connectivity index (χ1) is 12.2. The number of ether oxygens (including phenoxy) is 2. The Morgan fingerprint density at radius 3 is 2.60 bits per heavy atom. The van der Waals surface area contributed by atoms with Gasteiger partial charge in [0.25, 0.3) is 0 Å². The molecule has 25 heavy (non-hydrogen) atoms. The molecule has 0 amide bonds. The van der Waals surface area contributed by atoms with Gasteiger partial charge in [0.05, 0.1) is 14.2 Å². The summed E-state index contributed by atoms with van der Waals surface area (Å²) in [6, 6.07) is 5.96. The van der Waals surface area contributed by atoms with Crippen molar-refractivity contribution in [2.75, 3.05) is 65.9 Å². The van der Waals surface area contributed by atoms with E-state index in [1.165, 1.54) is 0 Å². The summed E-state index contributed by atoms with van der Waals surface area (Å²) < 4.78 is 15.8. The Hall–Kier alpha value is -2.32. The highest BCUT2D eigenvalue weighted by Crippen LogP contribution is 2.31. The first kappa shape index (κ1) is 17.5. The molecule has 0 unspecified atom stereocenters. The normalized spacial score (nSPS) is 16.0. The zero-order valence-corrected chi connectivity index (χ0v) is 15.0. The van der Waals surface area contributed by atoms with Gasteiger partial charge in [-0.1, -0.05) is 5.16 Å². The van der Waals surface area contributed by atoms with Gasteiger partial charge in [0.15, 0.2) is 11.5 Å². The highest BCUT2D eigenvalue weighted by molar-refractivity contribution is 5.61. The molecule has 1 aromatic heterocycles. The van der Waals surface area contributed by atoms with Crippen molar-refractivity contribution in [1.29, 1.82) is 0 Å². The van der Waals surface area contributed by atoms with Gasteiger partial charge in [-0.15, -0.1) is 0 Å². The lowest BCUT2D eigenvalue weighted by Crippen LogP contribution is -2.45. The maximum Gasteiger partial charge on any atom is 0.321 e. The number of benzene rings is 1. The van der Waals surface area contributed by atoms with E-state index in [-0.39, 0.29) is 0 Å². The van der Waals surface area contributed by atoms with E-state index < -0.39 is 0 Å². The highest BCUT2D eigenvalue weighted by atomic mass is 16.5. The van der Waals surface area contributed by atoms with E-state index in [0.717, 1.165) is 44.8 Å². The Morgan fingerprint density at radius 1 is 1.12 bits per heavy atom. The predicted molar refractivity (Wildman–Crippen MR) is 95.3 cm³/mol. The van der Waals surface area contributed by atoms with Crippen LogP contribution in [0.5, 0.6) is 11.5 Å². The highest BCUT2D eigenvalue weighted by Gasteiger charge is 2.14. The number of rotatable bonds is 7. The first-order valence-corrected chi connectivity index (χ1v) is 8.40. The van der Waals surface area contributed by atoms with Crippen LogP contribution in [0.3, 0.4) is 0 Å². The zero-order chi connectivity index (χ0) is 17.6. The molecule has 0 atom stereocenters. The van der Waals surface area contributed by atoms with Crippen molar-refractivity contribution >= 4 is 6.01 Å². The van der Waals surface area contributed by atoms with Crippen molar-refractivity contribution < 1.29 is 14.0 Å². The molecule has 2 heterocycles. The van der Waals surface area contributed by atoms with Gasteiger partial charge in [0.2, 0.25) is 5.82 Å². The van der Waals surface area contributed by atoms with Crippen molar-refractivity contribution in [3.05, 3.63) is 18.2 Å². The molecule has 3 rings (SSSR count). The SMILES string of the molecule is COc1ccc(-c2noc(NCCN3CCN(C)CC3)n2)cc1OC. The van der Waals surface area contributed by atoms with Crippen LogP contribution in [0.4, 0.5) is 6.01 Å². The van der Waals surface area contributed by atoms with Gasteiger partial charge in [-0.05, 0) is 25.2 Å². The lowest BCUT2D eigenvalue weighted by atomic mass is 10.2. The molecule has 1 saturated heterocycles. The third-order valence-electron chi connectivity index (χ3n) is 4.37. The fourth-order valence-electron chi connectivity index (χ4n) is 2.78. The minimum atomic E-state index is 0.430. The predicted octanol–water partition coefficient (Wildman–Crippen LogP) is 1.41. The molecule has 0 bridgehead atoms. The van der Waals surface area contributed by atoms with Crippen molar-refractivity contribution in [2.45, 2.75) is 0 Å². The van der Waals surface area contributed by atoms with Crippen LogP contribution in [0.1, 0.15) is 0 Å². The van der Waals surface area contributed by atoms with Crippen LogP contribution in [-0.4, -0.2) is 80.5 Å². The van der Waals surface area contributed by atoms with Gasteiger partial charge in [-0.25, -0.2) is 0 Å². The number of nitrogens with one attached hydrogen (secondary N) is 1. The van der Waals surface area contributed by atoms with Crippen LogP contribution < -0.4 is 14.8 Å². The van der Waals surface area contributed by atoms with E-state index in [0.29, 0.717) is 23.3 Å². The molecule has 0 saturated carbocycles. The topological polar surface area (TPSA) is 75.9 Å². The van der Waals surface area contributed by atoms with Gasteiger partial charge in [-0.3, -0.25) is 4.90 Å². The van der Waals surface area contributed by atoms with Gasteiger partial charge in [-0.2, -0.15) is 4.98 Å². The van der Waals surface area contributed by atoms with Crippen molar-refractivity contribution in [3.63, 3.8) is 0 Å². The standard InChI is InChI=1S/C17H25N5O3/c1-21-8-10-22(11-9-21)7-6-18-17-19-16(20-25-17)13-4-5-14(23-2)15(12-13)24-3/h4-5,12H,6-11H2,1-3H3,(H,18,19,20). The van der Waals surface area contributed by atoms with Gasteiger partial charge < -0.3 is 24.2 Å². The van der Waals surface area contributed by atoms with E-state index >= 15 is 0 Å². The first-order valence-electron chi connectivity index (χ1n) is 8.40. The number of methoxy groups -OCH3 is 2. The number of likely N-dealkylation sites (N-methyl/N-ethyl adjacent to an activating group) is 1. The molecule has 1 aromatic carbocycles. The second kappa shape index (κ2) is 8.17. The number of hydrogen-bond acceptors (Lipinski definition) is 8. The molecule has 0 aliphatic carbocycles. The van der Waals surface area contributed by atoms with Crippen LogP contribution >= 0.6 is 0 Å². The Bertz CT molecular complexity index is 683. The number of piperazine rings is 1. The Labute approximate surface area is 147 Å². The van der Waals surface area contributed by atoms with Gasteiger partial charge >= 0.3 is 6.01 Å². The van der Waals surface area contributed by atoms with Crippen LogP contribution in [0.2, 0.25) is 0 Å². The minimum absolute atomic E-state index is 0.430. The molecule has 136 valence electrons. The summed E-state index contributed by atoms with van der Waals surface area (Å²) in [4.78, 5) is 9.17. The summed E-state index contributed by atoms with van der Waals surface area (Å²) in [5.41, 5.74) is 0.813. The fourth-order valence-corrected chi connectivity index (χ4v) is 2.78.